The lowest BCUT2D eigenvalue weighted by Crippen LogP contribution is -2.51. The van der Waals surface area contributed by atoms with Crippen molar-refractivity contribution in [2.45, 2.75) is 19.5 Å². The van der Waals surface area contributed by atoms with E-state index in [-0.39, 0.29) is 5.91 Å². The standard InChI is InChI=1S/C25H31N5O/c1-20(29-15-13-28(2)14-16-29)17-26-25(31)23-19-30(18-21-9-5-3-6-10-21)27-24(23)22-11-7-4-8-12-22/h3-12,19-20H,13-18H2,1-2H3,(H,26,31). The molecular weight excluding hydrogens is 386 g/mol. The molecule has 1 saturated heterocycles. The normalized spacial score (nSPS) is 16.2. The van der Waals surface area contributed by atoms with Gasteiger partial charge in [0, 0.05) is 50.5 Å². The summed E-state index contributed by atoms with van der Waals surface area (Å²) in [6, 6.07) is 20.4. The first-order chi connectivity index (χ1) is 15.1. The van der Waals surface area contributed by atoms with E-state index in [2.05, 4.69) is 41.2 Å². The lowest BCUT2D eigenvalue weighted by molar-refractivity contribution is 0.0904. The van der Waals surface area contributed by atoms with E-state index in [1.54, 1.807) is 0 Å². The van der Waals surface area contributed by atoms with Crippen LogP contribution in [0.3, 0.4) is 0 Å². The number of aromatic nitrogens is 2. The Morgan fingerprint density at radius 3 is 2.32 bits per heavy atom. The van der Waals surface area contributed by atoms with E-state index in [4.69, 9.17) is 5.10 Å². The monoisotopic (exact) mass is 417 g/mol. The van der Waals surface area contributed by atoms with Crippen LogP contribution < -0.4 is 5.32 Å². The van der Waals surface area contributed by atoms with Crippen molar-refractivity contribution in [1.29, 1.82) is 0 Å². The Morgan fingerprint density at radius 2 is 1.65 bits per heavy atom. The molecule has 0 saturated carbocycles. The second-order valence-corrected chi connectivity index (χ2v) is 8.34. The van der Waals surface area contributed by atoms with Gasteiger partial charge < -0.3 is 10.2 Å². The summed E-state index contributed by atoms with van der Waals surface area (Å²) in [6.07, 6.45) is 1.87. The van der Waals surface area contributed by atoms with Gasteiger partial charge in [-0.15, -0.1) is 0 Å². The van der Waals surface area contributed by atoms with Crippen LogP contribution in [-0.2, 0) is 6.54 Å². The highest BCUT2D eigenvalue weighted by Crippen LogP contribution is 2.22. The van der Waals surface area contributed by atoms with Gasteiger partial charge in [-0.1, -0.05) is 60.7 Å². The maximum absolute atomic E-state index is 13.2. The molecule has 4 rings (SSSR count). The highest BCUT2D eigenvalue weighted by atomic mass is 16.1. The van der Waals surface area contributed by atoms with Crippen molar-refractivity contribution in [3.05, 3.63) is 78.0 Å². The van der Waals surface area contributed by atoms with E-state index in [9.17, 15) is 4.79 Å². The molecule has 1 amide bonds. The van der Waals surface area contributed by atoms with Gasteiger partial charge in [-0.25, -0.2) is 0 Å². The number of nitrogens with one attached hydrogen (secondary N) is 1. The van der Waals surface area contributed by atoms with Gasteiger partial charge >= 0.3 is 0 Å². The zero-order valence-electron chi connectivity index (χ0n) is 18.4. The molecule has 0 spiro atoms. The van der Waals surface area contributed by atoms with Crippen LogP contribution in [0.2, 0.25) is 0 Å². The van der Waals surface area contributed by atoms with Crippen molar-refractivity contribution in [1.82, 2.24) is 24.9 Å². The molecule has 3 aromatic rings. The van der Waals surface area contributed by atoms with E-state index in [0.29, 0.717) is 24.7 Å². The van der Waals surface area contributed by atoms with Crippen LogP contribution in [0.5, 0.6) is 0 Å². The van der Waals surface area contributed by atoms with Gasteiger partial charge in [0.15, 0.2) is 0 Å². The average molecular weight is 418 g/mol. The van der Waals surface area contributed by atoms with Crippen molar-refractivity contribution in [3.63, 3.8) is 0 Å². The van der Waals surface area contributed by atoms with Crippen molar-refractivity contribution < 1.29 is 4.79 Å². The van der Waals surface area contributed by atoms with E-state index in [1.807, 2.05) is 59.4 Å². The number of likely N-dealkylation sites (N-methyl/N-ethyl adjacent to an activating group) is 1. The molecule has 1 atom stereocenters. The minimum atomic E-state index is -0.0702. The smallest absolute Gasteiger partial charge is 0.255 e. The Kier molecular flexibility index (Phi) is 6.79. The Labute approximate surface area is 184 Å². The molecule has 6 heteroatoms. The van der Waals surface area contributed by atoms with Crippen LogP contribution in [0.15, 0.2) is 66.9 Å². The number of carbonyl (C=O) groups is 1. The molecule has 1 fully saturated rings. The average Bonchev–Trinajstić information content (AvgIpc) is 3.23. The third kappa shape index (κ3) is 5.40. The van der Waals surface area contributed by atoms with E-state index >= 15 is 0 Å². The second kappa shape index (κ2) is 9.90. The van der Waals surface area contributed by atoms with Crippen LogP contribution in [-0.4, -0.2) is 71.3 Å². The summed E-state index contributed by atoms with van der Waals surface area (Å²) in [6.45, 7) is 7.66. The predicted octanol–water partition coefficient (Wildman–Crippen LogP) is 2.96. The summed E-state index contributed by atoms with van der Waals surface area (Å²) in [5, 5.41) is 7.91. The minimum absolute atomic E-state index is 0.0702. The van der Waals surface area contributed by atoms with Gasteiger partial charge in [0.1, 0.15) is 5.69 Å². The Balaban J connectivity index is 1.49. The third-order valence-electron chi connectivity index (χ3n) is 5.96. The number of carbonyl (C=O) groups excluding carboxylic acids is 1. The van der Waals surface area contributed by atoms with E-state index in [1.165, 1.54) is 0 Å². The first-order valence-corrected chi connectivity index (χ1v) is 11.0. The van der Waals surface area contributed by atoms with Gasteiger partial charge in [0.05, 0.1) is 12.1 Å². The third-order valence-corrected chi connectivity index (χ3v) is 5.96. The van der Waals surface area contributed by atoms with Crippen LogP contribution in [0.4, 0.5) is 0 Å². The van der Waals surface area contributed by atoms with Crippen molar-refractivity contribution >= 4 is 5.91 Å². The highest BCUT2D eigenvalue weighted by molar-refractivity contribution is 5.99. The van der Waals surface area contributed by atoms with E-state index < -0.39 is 0 Å². The Hall–Kier alpha value is -2.96. The van der Waals surface area contributed by atoms with Crippen LogP contribution in [0, 0.1) is 0 Å². The number of hydrogen-bond acceptors (Lipinski definition) is 4. The molecule has 1 unspecified atom stereocenters. The second-order valence-electron chi connectivity index (χ2n) is 8.34. The topological polar surface area (TPSA) is 53.4 Å². The Morgan fingerprint density at radius 1 is 1.00 bits per heavy atom. The van der Waals surface area contributed by atoms with Gasteiger partial charge in [0.2, 0.25) is 0 Å². The first kappa shape index (κ1) is 21.3. The summed E-state index contributed by atoms with van der Waals surface area (Å²) in [7, 11) is 2.15. The number of benzene rings is 2. The molecular formula is C25H31N5O. The quantitative estimate of drug-likeness (QED) is 0.642. The summed E-state index contributed by atoms with van der Waals surface area (Å²) in [5.41, 5.74) is 3.45. The highest BCUT2D eigenvalue weighted by Gasteiger charge is 2.22. The molecule has 0 bridgehead atoms. The molecule has 2 aromatic carbocycles. The number of nitrogens with zero attached hydrogens (tertiary/aromatic N) is 4. The number of hydrogen-bond donors (Lipinski definition) is 1. The summed E-state index contributed by atoms with van der Waals surface area (Å²) < 4.78 is 1.86. The predicted molar refractivity (Wildman–Crippen MR) is 124 cm³/mol. The van der Waals surface area contributed by atoms with Crippen molar-refractivity contribution in [3.8, 4) is 11.3 Å². The first-order valence-electron chi connectivity index (χ1n) is 11.0. The molecule has 1 aliphatic heterocycles. The summed E-state index contributed by atoms with van der Waals surface area (Å²) >= 11 is 0. The van der Waals surface area contributed by atoms with Gasteiger partial charge in [-0.05, 0) is 19.5 Å². The number of rotatable bonds is 7. The van der Waals surface area contributed by atoms with Gasteiger partial charge in [-0.3, -0.25) is 14.4 Å². The molecule has 162 valence electrons. The van der Waals surface area contributed by atoms with E-state index in [0.717, 1.165) is 43.0 Å². The largest absolute Gasteiger partial charge is 0.350 e. The lowest BCUT2D eigenvalue weighted by atomic mass is 10.1. The zero-order chi connectivity index (χ0) is 21.6. The maximum Gasteiger partial charge on any atom is 0.255 e. The van der Waals surface area contributed by atoms with Gasteiger partial charge in [0.25, 0.3) is 5.91 Å². The fraction of sp³-hybridized carbons (Fsp3) is 0.360. The van der Waals surface area contributed by atoms with Gasteiger partial charge in [-0.2, -0.15) is 5.10 Å². The van der Waals surface area contributed by atoms with Crippen molar-refractivity contribution in [2.24, 2.45) is 0 Å². The SMILES string of the molecule is CC(CNC(=O)c1cn(Cc2ccccc2)nc1-c1ccccc1)N1CCN(C)CC1. The molecule has 31 heavy (non-hydrogen) atoms. The number of piperazine rings is 1. The number of amides is 1. The molecule has 6 nitrogen and oxygen atoms in total. The molecule has 1 aromatic heterocycles. The van der Waals surface area contributed by atoms with Crippen LogP contribution >= 0.6 is 0 Å². The molecule has 1 aliphatic rings. The van der Waals surface area contributed by atoms with Crippen LogP contribution in [0.1, 0.15) is 22.8 Å². The summed E-state index contributed by atoms with van der Waals surface area (Å²) in [4.78, 5) is 17.9. The van der Waals surface area contributed by atoms with Crippen molar-refractivity contribution in [2.75, 3.05) is 39.8 Å². The molecule has 2 heterocycles. The summed E-state index contributed by atoms with van der Waals surface area (Å²) in [5.74, 6) is -0.0702. The molecule has 1 N–H and O–H groups in total. The zero-order valence-corrected chi connectivity index (χ0v) is 18.4. The Bertz CT molecular complexity index is 978. The van der Waals surface area contributed by atoms with Crippen LogP contribution in [0.25, 0.3) is 11.3 Å². The molecule has 0 aliphatic carbocycles. The fourth-order valence-corrected chi connectivity index (χ4v) is 3.98. The fourth-order valence-electron chi connectivity index (χ4n) is 3.98. The molecule has 0 radical (unpaired) electrons. The lowest BCUT2D eigenvalue weighted by Gasteiger charge is -2.36. The minimum Gasteiger partial charge on any atom is -0.350 e. The maximum atomic E-state index is 13.2.